The first-order valence-electron chi connectivity index (χ1n) is 17.2. The summed E-state index contributed by atoms with van der Waals surface area (Å²) in [4.78, 5) is 5.14. The highest BCUT2D eigenvalue weighted by Gasteiger charge is 2.30. The zero-order chi connectivity index (χ0) is 33.9. The third kappa shape index (κ3) is 4.52. The zero-order valence-corrected chi connectivity index (χ0v) is 28.4. The molecule has 3 nitrogen and oxygen atoms in total. The number of hydrogen-bond donors (Lipinski definition) is 0. The van der Waals surface area contributed by atoms with Crippen LogP contribution in [0.25, 0.3) is 77.1 Å². The predicted molar refractivity (Wildman–Crippen MR) is 213 cm³/mol. The van der Waals surface area contributed by atoms with Crippen molar-refractivity contribution in [3.05, 3.63) is 182 Å². The summed E-state index contributed by atoms with van der Waals surface area (Å²) in [6.07, 6.45) is 0. The minimum absolute atomic E-state index is 0.803. The summed E-state index contributed by atoms with van der Waals surface area (Å²) in [6, 6.07) is 61.8. The Kier molecular flexibility index (Phi) is 6.77. The van der Waals surface area contributed by atoms with Gasteiger partial charge in [-0.05, 0) is 50.9 Å². The van der Waals surface area contributed by atoms with E-state index in [1.807, 2.05) is 84.9 Å². The Hall–Kier alpha value is -6.28. The fourth-order valence-corrected chi connectivity index (χ4v) is 10.5. The van der Waals surface area contributed by atoms with Crippen molar-refractivity contribution in [1.82, 2.24) is 4.98 Å². The van der Waals surface area contributed by atoms with Crippen molar-refractivity contribution < 1.29 is 8.98 Å². The first kappa shape index (κ1) is 29.6. The third-order valence-electron chi connectivity index (χ3n) is 10.1. The van der Waals surface area contributed by atoms with Gasteiger partial charge < -0.3 is 8.98 Å². The van der Waals surface area contributed by atoms with Crippen molar-refractivity contribution in [3.8, 4) is 33.7 Å². The highest BCUT2D eigenvalue weighted by Crippen LogP contribution is 2.50. The molecule has 0 aliphatic carbocycles. The number of rotatable bonds is 5. The van der Waals surface area contributed by atoms with E-state index >= 15 is 4.57 Å². The van der Waals surface area contributed by atoms with Crippen LogP contribution >= 0.6 is 7.14 Å². The van der Waals surface area contributed by atoms with Crippen LogP contribution in [0.4, 0.5) is 0 Å². The molecule has 2 aliphatic heterocycles. The minimum atomic E-state index is -3.11. The lowest BCUT2D eigenvalue weighted by Gasteiger charge is -2.21. The molecule has 0 N–H and O–H groups in total. The molecule has 0 saturated carbocycles. The van der Waals surface area contributed by atoms with Gasteiger partial charge in [-0.1, -0.05) is 164 Å². The largest absolute Gasteiger partial charge is 0.455 e. The van der Waals surface area contributed by atoms with Gasteiger partial charge in [-0.25, -0.2) is 4.98 Å². The molecule has 10 rings (SSSR count). The second-order valence-electron chi connectivity index (χ2n) is 12.9. The summed E-state index contributed by atoms with van der Waals surface area (Å²) >= 11 is 0. The van der Waals surface area contributed by atoms with Gasteiger partial charge in [0.05, 0.1) is 16.8 Å². The van der Waals surface area contributed by atoms with E-state index in [1.54, 1.807) is 0 Å². The molecule has 0 spiro atoms. The van der Waals surface area contributed by atoms with Crippen molar-refractivity contribution >= 4 is 66.5 Å². The molecular formula is C47H30NO2P. The van der Waals surface area contributed by atoms with Crippen LogP contribution in [0.2, 0.25) is 0 Å². The number of fused-ring (bicyclic) bond motifs is 7. The molecule has 0 bridgehead atoms. The van der Waals surface area contributed by atoms with Gasteiger partial charge in [-0.2, -0.15) is 0 Å². The van der Waals surface area contributed by atoms with E-state index in [9.17, 15) is 0 Å². The Bertz CT molecular complexity index is 2830. The van der Waals surface area contributed by atoms with Gasteiger partial charge in [0.25, 0.3) is 0 Å². The highest BCUT2D eigenvalue weighted by atomic mass is 31.2. The highest BCUT2D eigenvalue weighted by molar-refractivity contribution is 7.85. The second-order valence-corrected chi connectivity index (χ2v) is 15.7. The first-order chi connectivity index (χ1) is 25.2. The standard InChI is InChI=1S/C47H30NO2P/c49-51(32-15-3-1-4-16-32,33-17-5-2-6-18-33)34-29-27-31(28-30-34)43-35-19-7-9-21-37(35)44(38-22-10-8-20-36(38)43)47-45-39-23-11-13-25-41(39)48-46(45)40-24-12-14-26-42(40)50-47/h1-30H. The number of para-hydroxylation sites is 2. The summed E-state index contributed by atoms with van der Waals surface area (Å²) < 4.78 is 22.1. The Morgan fingerprint density at radius 3 is 1.43 bits per heavy atom. The van der Waals surface area contributed by atoms with Crippen LogP contribution < -0.4 is 15.9 Å². The van der Waals surface area contributed by atoms with Gasteiger partial charge in [-0.15, -0.1) is 0 Å². The maximum atomic E-state index is 15.1. The first-order valence-corrected chi connectivity index (χ1v) is 18.9. The number of hydrogen-bond acceptors (Lipinski definition) is 3. The summed E-state index contributed by atoms with van der Waals surface area (Å²) in [5.74, 6) is 0.818. The van der Waals surface area contributed by atoms with Crippen molar-refractivity contribution in [2.75, 3.05) is 0 Å². The van der Waals surface area contributed by atoms with E-state index in [1.165, 1.54) is 0 Å². The van der Waals surface area contributed by atoms with Gasteiger partial charge in [0.15, 0.2) is 7.14 Å². The maximum absolute atomic E-state index is 15.1. The SMILES string of the molecule is O=P(c1ccccc1)(c1ccccc1)c1ccc(-c2c3ccccc3c(-c3oc4ccccc4c4nc5ccccc5c3-4)c3ccccc23)cc1. The smallest absolute Gasteiger partial charge is 0.171 e. The van der Waals surface area contributed by atoms with Gasteiger partial charge in [0.2, 0.25) is 0 Å². The van der Waals surface area contributed by atoms with Crippen LogP contribution in [0.15, 0.2) is 186 Å². The van der Waals surface area contributed by atoms with Crippen molar-refractivity contribution in [1.29, 1.82) is 0 Å². The summed E-state index contributed by atoms with van der Waals surface area (Å²) in [5, 5.41) is 8.96. The van der Waals surface area contributed by atoms with E-state index in [0.717, 1.165) is 93.0 Å². The Morgan fingerprint density at radius 2 is 0.843 bits per heavy atom. The van der Waals surface area contributed by atoms with E-state index in [4.69, 9.17) is 9.40 Å². The number of aromatic nitrogens is 1. The minimum Gasteiger partial charge on any atom is -0.455 e. The maximum Gasteiger partial charge on any atom is 0.171 e. The molecular weight excluding hydrogens is 641 g/mol. The molecule has 2 aliphatic rings. The molecule has 0 radical (unpaired) electrons. The van der Waals surface area contributed by atoms with Crippen LogP contribution in [-0.2, 0) is 4.57 Å². The molecule has 0 fully saturated rings. The van der Waals surface area contributed by atoms with E-state index in [0.29, 0.717) is 0 Å². The molecule has 4 heteroatoms. The lowest BCUT2D eigenvalue weighted by atomic mass is 9.86. The Morgan fingerprint density at radius 1 is 0.392 bits per heavy atom. The topological polar surface area (TPSA) is 43.1 Å². The van der Waals surface area contributed by atoms with Gasteiger partial charge in [0.1, 0.15) is 11.3 Å². The molecule has 0 amide bonds. The lowest BCUT2D eigenvalue weighted by Crippen LogP contribution is -2.24. The van der Waals surface area contributed by atoms with Crippen LogP contribution in [0, 0.1) is 0 Å². The monoisotopic (exact) mass is 671 g/mol. The molecule has 8 aromatic rings. The summed E-state index contributed by atoms with van der Waals surface area (Å²) in [6.45, 7) is 0. The fraction of sp³-hybridized carbons (Fsp3) is 0. The average Bonchev–Trinajstić information content (AvgIpc) is 3.60. The van der Waals surface area contributed by atoms with Crippen LogP contribution in [0.3, 0.4) is 0 Å². The van der Waals surface area contributed by atoms with Crippen molar-refractivity contribution in [2.24, 2.45) is 0 Å². The predicted octanol–water partition coefficient (Wildman–Crippen LogP) is 11.4. The molecule has 0 unspecified atom stereocenters. The zero-order valence-electron chi connectivity index (χ0n) is 27.5. The van der Waals surface area contributed by atoms with Crippen LogP contribution in [0.1, 0.15) is 0 Å². The molecule has 51 heavy (non-hydrogen) atoms. The normalized spacial score (nSPS) is 12.0. The van der Waals surface area contributed by atoms with Crippen LogP contribution in [-0.4, -0.2) is 4.98 Å². The average molecular weight is 672 g/mol. The Labute approximate surface area is 295 Å². The molecule has 2 heterocycles. The molecule has 0 aromatic heterocycles. The van der Waals surface area contributed by atoms with E-state index in [2.05, 4.69) is 97.1 Å². The quantitative estimate of drug-likeness (QED) is 0.135. The number of benzene rings is 8. The van der Waals surface area contributed by atoms with Crippen molar-refractivity contribution in [3.63, 3.8) is 0 Å². The molecule has 240 valence electrons. The molecule has 8 aromatic carbocycles. The van der Waals surface area contributed by atoms with Gasteiger partial charge in [-0.3, -0.25) is 0 Å². The lowest BCUT2D eigenvalue weighted by molar-refractivity contribution is 0.592. The summed E-state index contributed by atoms with van der Waals surface area (Å²) in [7, 11) is -3.11. The second kappa shape index (κ2) is 11.7. The van der Waals surface area contributed by atoms with Gasteiger partial charge in [0, 0.05) is 32.2 Å². The van der Waals surface area contributed by atoms with E-state index in [-0.39, 0.29) is 0 Å². The molecule has 0 atom stereocenters. The summed E-state index contributed by atoms with van der Waals surface area (Å²) in [5.41, 5.74) is 6.97. The fourth-order valence-electron chi connectivity index (χ4n) is 7.84. The Balaban J connectivity index is 1.24. The van der Waals surface area contributed by atoms with Crippen LogP contribution in [0.5, 0.6) is 0 Å². The van der Waals surface area contributed by atoms with Crippen molar-refractivity contribution in [2.45, 2.75) is 0 Å². The third-order valence-corrected chi connectivity index (χ3v) is 13.2. The molecule has 0 saturated heterocycles. The van der Waals surface area contributed by atoms with Gasteiger partial charge >= 0.3 is 0 Å². The van der Waals surface area contributed by atoms with E-state index < -0.39 is 7.14 Å². The number of nitrogens with zero attached hydrogens (tertiary/aromatic N) is 1.